The Bertz CT molecular complexity index is 4520. The highest BCUT2D eigenvalue weighted by atomic mass is 127. The third-order valence-corrected chi connectivity index (χ3v) is 25.3. The highest BCUT2D eigenvalue weighted by molar-refractivity contribution is 14.1. The molecule has 7 aliphatic carbocycles. The average Bonchev–Trinajstić information content (AvgIpc) is 1.50. The molecule has 3 spiro atoms. The third-order valence-electron chi connectivity index (χ3n) is 24.7. The number of halogens is 3. The number of benzene rings is 3. The number of piperidine rings is 2. The van der Waals surface area contributed by atoms with E-state index in [1.165, 1.54) is 81.5 Å². The maximum absolute atomic E-state index is 13.4. The minimum atomic E-state index is -0.666. The first-order valence-electron chi connectivity index (χ1n) is 35.2. The fraction of sp³-hybridized carbons (Fsp3) is 0.500. The second-order valence-corrected chi connectivity index (χ2v) is 31.7. The number of pyridine rings is 3. The van der Waals surface area contributed by atoms with Gasteiger partial charge in [0.05, 0.1) is 92.2 Å². The number of rotatable bonds is 8. The largest absolute Gasteiger partial charge is 0.390 e. The van der Waals surface area contributed by atoms with Crippen LogP contribution in [0.15, 0.2) is 128 Å². The number of nitrogens with zero attached hydrogens (tertiary/aromatic N) is 12. The van der Waals surface area contributed by atoms with Crippen molar-refractivity contribution in [2.24, 2.45) is 39.9 Å². The molecule has 21 heteroatoms. The first kappa shape index (κ1) is 69.7. The van der Waals surface area contributed by atoms with Gasteiger partial charge in [0.15, 0.2) is 0 Å². The van der Waals surface area contributed by atoms with Crippen LogP contribution in [0.5, 0.6) is 0 Å². The molecule has 6 aromatic heterocycles. The normalized spacial score (nSPS) is 30.0. The van der Waals surface area contributed by atoms with Gasteiger partial charge in [0, 0.05) is 107 Å². The number of aliphatic hydroxyl groups is 2. The van der Waals surface area contributed by atoms with Crippen molar-refractivity contribution >= 4 is 61.1 Å². The first-order chi connectivity index (χ1) is 47.5. The fourth-order valence-corrected chi connectivity index (χ4v) is 16.8. The molecule has 9 fully saturated rings. The SMILES string of the molecule is CN[C@H]1CCCC[C@@H]1NC.C[C@@H]1CN(c2cc(-n3ncc4ccc(C5(C#N)CC56CC6)cc43)ccn2)C[C@H](C)C1(C)O.C[C@@H]1CNC[C@H](C)C1(C)O.Fc1cc(I)ccn1.N#CC1(c2ccc3cn[nH]c3c2)CC12CC2.N#CC1(c2ccc3cnn(-c4ccnc(F)c4)c3c2)CC12CC2. The molecule has 3 aromatic carbocycles. The predicted octanol–water partition coefficient (Wildman–Crippen LogP) is 13.4. The van der Waals surface area contributed by atoms with Crippen molar-refractivity contribution in [1.29, 1.82) is 15.8 Å². The minimum absolute atomic E-state index is 0.153. The minimum Gasteiger partial charge on any atom is -0.390 e. The van der Waals surface area contributed by atoms with E-state index in [0.717, 1.165) is 117 Å². The maximum Gasteiger partial charge on any atom is 0.214 e. The quantitative estimate of drug-likeness (QED) is 0.0611. The summed E-state index contributed by atoms with van der Waals surface area (Å²) in [6.45, 7) is 15.7. The molecule has 6 N–H and O–H groups in total. The number of nitriles is 3. The van der Waals surface area contributed by atoms with Gasteiger partial charge < -0.3 is 31.1 Å². The zero-order valence-electron chi connectivity index (χ0n) is 58.0. The molecule has 11 atom stereocenters. The van der Waals surface area contributed by atoms with Gasteiger partial charge in [0.1, 0.15) is 5.82 Å². The van der Waals surface area contributed by atoms with Gasteiger partial charge in [0.2, 0.25) is 11.9 Å². The number of fused-ring (bicyclic) bond motifs is 3. The summed E-state index contributed by atoms with van der Waals surface area (Å²) >= 11 is 2.03. The fourth-order valence-electron chi connectivity index (χ4n) is 16.4. The molecule has 0 amide bonds. The van der Waals surface area contributed by atoms with Gasteiger partial charge in [-0.3, -0.25) is 5.10 Å². The van der Waals surface area contributed by atoms with Crippen molar-refractivity contribution < 1.29 is 19.0 Å². The number of H-pyrrole nitrogens is 1. The van der Waals surface area contributed by atoms with Crippen molar-refractivity contribution in [2.75, 3.05) is 45.2 Å². The number of aromatic amines is 1. The standard InChI is InChI=1S/C26H29N5O.C18H13FN4.C13H11N3.C8H18N2.C8H17NO.C5H3FIN/c1-17-13-30(14-18(2)24(17,3)32)23-11-21(6-9-28-23)31-22-10-20(5-4-19(22)12-29-31)26(16-27)15-25(26)7-8-25;19-16-8-14(3-6-21-16)23-15-7-13(2-1-12(15)9-22-23)18(11-20)10-17(18)4-5-17;14-8-13(7-12(13)3-4-12)10-2-1-9-6-15-16-11(9)5-10;1-9-7-5-3-4-6-8(7)10-2;1-6-4-9-5-7(2)8(6,3)10;6-5-3-4(7)1-2-8-5/h4-6,9-12,17-18,32H,7-8,13-15H2,1-3H3;1-3,6-9H,4-5,10H2;1-2,5-6H,3-4,7H2,(H,15,16);7-10H,3-6H2,1-2H3;6-7,9-10H,4-5H2,1-3H3;1-3H/t17-,18+,24?,26?;;;7-,8-;6-,7+,8?;/m...0../s1. The lowest BCUT2D eigenvalue weighted by Gasteiger charge is -2.46. The molecule has 99 heavy (non-hydrogen) atoms. The summed E-state index contributed by atoms with van der Waals surface area (Å²) in [5.74, 6) is 1.00. The van der Waals surface area contributed by atoms with E-state index in [4.69, 9.17) is 0 Å². The van der Waals surface area contributed by atoms with Gasteiger partial charge in [-0.05, 0) is 202 Å². The summed E-state index contributed by atoms with van der Waals surface area (Å²) in [4.78, 5) is 13.9. The maximum atomic E-state index is 13.4. The molecule has 516 valence electrons. The predicted molar refractivity (Wildman–Crippen MR) is 389 cm³/mol. The summed E-state index contributed by atoms with van der Waals surface area (Å²) < 4.78 is 30.0. The molecule has 18 nitrogen and oxygen atoms in total. The first-order valence-corrected chi connectivity index (χ1v) is 36.3. The lowest BCUT2D eigenvalue weighted by Crippen LogP contribution is -2.55. The van der Waals surface area contributed by atoms with Crippen LogP contribution in [0.1, 0.15) is 142 Å². The summed E-state index contributed by atoms with van der Waals surface area (Å²) in [6.07, 6.45) is 25.7. The number of aromatic nitrogens is 9. The van der Waals surface area contributed by atoms with Gasteiger partial charge in [-0.15, -0.1) is 0 Å². The van der Waals surface area contributed by atoms with Gasteiger partial charge >= 0.3 is 0 Å². The molecule has 9 aliphatic rings. The van der Waals surface area contributed by atoms with Gasteiger partial charge in [-0.2, -0.15) is 39.9 Å². The zero-order valence-corrected chi connectivity index (χ0v) is 60.2. The van der Waals surface area contributed by atoms with E-state index < -0.39 is 23.1 Å². The van der Waals surface area contributed by atoms with E-state index in [1.807, 2.05) is 84.0 Å². The molecular weight excluding hydrogens is 1360 g/mol. The number of likely N-dealkylation sites (N-methyl/N-ethyl adjacent to an activating group) is 2. The highest BCUT2D eigenvalue weighted by Gasteiger charge is 2.77. The monoisotopic (exact) mass is 1450 g/mol. The van der Waals surface area contributed by atoms with Crippen LogP contribution in [0.2, 0.25) is 0 Å². The Hall–Kier alpha value is -7.82. The summed E-state index contributed by atoms with van der Waals surface area (Å²) in [5, 5.41) is 78.9. The summed E-state index contributed by atoms with van der Waals surface area (Å²) in [5.41, 5.74) is 6.75. The molecule has 2 saturated heterocycles. The summed E-state index contributed by atoms with van der Waals surface area (Å²) in [7, 11) is 4.11. The second kappa shape index (κ2) is 26.9. The topological polar surface area (TPSA) is 254 Å². The van der Waals surface area contributed by atoms with Crippen LogP contribution in [0, 0.1) is 89.4 Å². The van der Waals surface area contributed by atoms with Crippen molar-refractivity contribution in [1.82, 2.24) is 60.7 Å². The van der Waals surface area contributed by atoms with Gasteiger partial charge in [-0.25, -0.2) is 24.3 Å². The smallest absolute Gasteiger partial charge is 0.214 e. The van der Waals surface area contributed by atoms with Crippen molar-refractivity contribution in [3.05, 3.63) is 160 Å². The molecule has 2 aliphatic heterocycles. The third kappa shape index (κ3) is 13.1. The van der Waals surface area contributed by atoms with Crippen LogP contribution < -0.4 is 20.9 Å². The van der Waals surface area contributed by atoms with Crippen molar-refractivity contribution in [2.45, 2.75) is 165 Å². The molecule has 18 rings (SSSR count). The van der Waals surface area contributed by atoms with Gasteiger partial charge in [0.25, 0.3) is 0 Å². The lowest BCUT2D eigenvalue weighted by atomic mass is 9.76. The molecule has 0 radical (unpaired) electrons. The average molecular weight is 1450 g/mol. The Kier molecular flexibility index (Phi) is 18.9. The van der Waals surface area contributed by atoms with Crippen LogP contribution in [0.4, 0.5) is 14.6 Å². The van der Waals surface area contributed by atoms with E-state index >= 15 is 0 Å². The molecule has 7 saturated carbocycles. The summed E-state index contributed by atoms with van der Waals surface area (Å²) in [6, 6.07) is 38.1. The van der Waals surface area contributed by atoms with Crippen LogP contribution in [0.25, 0.3) is 44.1 Å². The van der Waals surface area contributed by atoms with Crippen LogP contribution in [-0.4, -0.2) is 118 Å². The van der Waals surface area contributed by atoms with E-state index in [-0.39, 0.29) is 38.9 Å². The second-order valence-electron chi connectivity index (χ2n) is 30.5. The van der Waals surface area contributed by atoms with Crippen molar-refractivity contribution in [3.8, 4) is 29.6 Å². The Morgan fingerprint density at radius 3 is 1.39 bits per heavy atom. The Morgan fingerprint density at radius 1 is 0.545 bits per heavy atom. The number of hydrogen-bond donors (Lipinski definition) is 6. The Labute approximate surface area is 592 Å². The van der Waals surface area contributed by atoms with Crippen LogP contribution >= 0.6 is 22.6 Å². The van der Waals surface area contributed by atoms with E-state index in [1.54, 1.807) is 23.0 Å². The number of hydrogen-bond acceptors (Lipinski definition) is 15. The number of nitrogens with one attached hydrogen (secondary N) is 4. The van der Waals surface area contributed by atoms with Crippen LogP contribution in [0.3, 0.4) is 0 Å². The van der Waals surface area contributed by atoms with Gasteiger partial charge in [-0.1, -0.05) is 76.9 Å². The molecule has 0 bridgehead atoms. The Balaban J connectivity index is 0.000000115. The number of anilines is 1. The highest BCUT2D eigenvalue weighted by Crippen LogP contribution is 2.80. The molecule has 9 aromatic rings. The molecule has 8 heterocycles. The molecule has 5 unspecified atom stereocenters. The zero-order chi connectivity index (χ0) is 69.9. The molecular formula is C78H91F2IN16O2. The van der Waals surface area contributed by atoms with E-state index in [9.17, 15) is 34.8 Å². The van der Waals surface area contributed by atoms with Crippen LogP contribution in [-0.2, 0) is 16.2 Å². The van der Waals surface area contributed by atoms with Crippen molar-refractivity contribution in [3.63, 3.8) is 0 Å². The van der Waals surface area contributed by atoms with E-state index in [2.05, 4.69) is 159 Å². The van der Waals surface area contributed by atoms with E-state index in [0.29, 0.717) is 35.0 Å². The lowest BCUT2D eigenvalue weighted by molar-refractivity contribution is -0.0575. The Morgan fingerprint density at radius 2 is 0.980 bits per heavy atom.